The van der Waals surface area contributed by atoms with Crippen LogP contribution >= 0.6 is 11.6 Å². The number of fused-ring (bicyclic) bond motifs is 1. The van der Waals surface area contributed by atoms with Gasteiger partial charge in [-0.3, -0.25) is 14.5 Å². The minimum absolute atomic E-state index is 0.0391. The molecule has 0 spiro atoms. The molecular formula is C22H18ClF3N4O4. The lowest BCUT2D eigenvalue weighted by molar-refractivity contribution is -0.140. The predicted molar refractivity (Wildman–Crippen MR) is 118 cm³/mol. The Morgan fingerprint density at radius 3 is 2.56 bits per heavy atom. The van der Waals surface area contributed by atoms with E-state index >= 15 is 0 Å². The molecule has 1 heterocycles. The third kappa shape index (κ3) is 5.04. The average Bonchev–Trinajstić information content (AvgIpc) is 3.15. The number of rotatable bonds is 7. The van der Waals surface area contributed by atoms with E-state index in [-0.39, 0.29) is 12.0 Å². The molecule has 0 aliphatic rings. The van der Waals surface area contributed by atoms with Crippen molar-refractivity contribution in [2.24, 2.45) is 7.05 Å². The second kappa shape index (κ2) is 9.56. The van der Waals surface area contributed by atoms with E-state index in [2.05, 4.69) is 4.98 Å². The van der Waals surface area contributed by atoms with Crippen LogP contribution < -0.4 is 4.90 Å². The molecule has 8 nitrogen and oxygen atoms in total. The van der Waals surface area contributed by atoms with Gasteiger partial charge in [-0.2, -0.15) is 13.2 Å². The van der Waals surface area contributed by atoms with Crippen LogP contribution in [0.15, 0.2) is 54.5 Å². The molecule has 12 heteroatoms. The third-order valence-corrected chi connectivity index (χ3v) is 5.46. The van der Waals surface area contributed by atoms with E-state index in [0.29, 0.717) is 16.1 Å². The number of halogens is 4. The van der Waals surface area contributed by atoms with Crippen LogP contribution in [0.5, 0.6) is 0 Å². The number of carbonyl (C=O) groups excluding carboxylic acids is 2. The number of amides is 2. The van der Waals surface area contributed by atoms with Gasteiger partial charge < -0.3 is 14.6 Å². The number of carboxylic acid groups (broad SMARTS) is 1. The SMILES string of the molecule is CN(/C=C(/C(=O)O)C(=O)N(C=O)Cc1cccc(C(F)(F)F)c1Cl)c1ccc2ncn(C)c2c1. The number of hydrogen-bond donors (Lipinski definition) is 1. The molecule has 34 heavy (non-hydrogen) atoms. The fourth-order valence-electron chi connectivity index (χ4n) is 3.22. The highest BCUT2D eigenvalue weighted by Crippen LogP contribution is 2.36. The number of aliphatic carboxylic acids is 1. The smallest absolute Gasteiger partial charge is 0.417 e. The number of alkyl halides is 3. The van der Waals surface area contributed by atoms with Gasteiger partial charge in [0.05, 0.1) is 34.5 Å². The number of imide groups is 1. The molecule has 3 aromatic rings. The molecule has 178 valence electrons. The highest BCUT2D eigenvalue weighted by atomic mass is 35.5. The number of carboxylic acids is 1. The number of benzene rings is 2. The Balaban J connectivity index is 1.92. The van der Waals surface area contributed by atoms with Gasteiger partial charge in [0.1, 0.15) is 5.57 Å². The van der Waals surface area contributed by atoms with Gasteiger partial charge in [0.2, 0.25) is 6.41 Å². The molecular weight excluding hydrogens is 477 g/mol. The van der Waals surface area contributed by atoms with Crippen molar-refractivity contribution in [3.63, 3.8) is 0 Å². The van der Waals surface area contributed by atoms with E-state index in [9.17, 15) is 32.7 Å². The zero-order valence-corrected chi connectivity index (χ0v) is 18.6. The van der Waals surface area contributed by atoms with E-state index in [1.54, 1.807) is 36.1 Å². The lowest BCUT2D eigenvalue weighted by Gasteiger charge is -2.20. The van der Waals surface area contributed by atoms with Crippen molar-refractivity contribution in [3.8, 4) is 0 Å². The standard InChI is InChI=1S/C22H18ClF3N4O4/c1-28(14-6-7-17-18(8-14)29(2)11-27-17)10-15(21(33)34)20(32)30(12-31)9-13-4-3-5-16(19(13)23)22(24,25)26/h3-8,10-12H,9H2,1-2H3,(H,33,34)/b15-10+. The Kier molecular flexibility index (Phi) is 6.96. The summed E-state index contributed by atoms with van der Waals surface area (Å²) in [7, 11) is 3.28. The number of carbonyl (C=O) groups is 3. The number of aryl methyl sites for hydroxylation is 1. The Labute approximate surface area is 196 Å². The first-order chi connectivity index (χ1) is 15.9. The summed E-state index contributed by atoms with van der Waals surface area (Å²) in [6.07, 6.45) is -2.08. The van der Waals surface area contributed by atoms with Crippen molar-refractivity contribution in [1.82, 2.24) is 14.5 Å². The second-order valence-electron chi connectivity index (χ2n) is 7.30. The van der Waals surface area contributed by atoms with Crippen molar-refractivity contribution in [1.29, 1.82) is 0 Å². The zero-order valence-electron chi connectivity index (χ0n) is 17.9. The Morgan fingerprint density at radius 2 is 1.94 bits per heavy atom. The maximum absolute atomic E-state index is 13.1. The second-order valence-corrected chi connectivity index (χ2v) is 7.68. The van der Waals surface area contributed by atoms with Gasteiger partial charge in [-0.25, -0.2) is 9.78 Å². The molecule has 1 N–H and O–H groups in total. The lowest BCUT2D eigenvalue weighted by Crippen LogP contribution is -2.34. The quantitative estimate of drug-likeness (QED) is 0.232. The number of imidazole rings is 1. The van der Waals surface area contributed by atoms with Crippen LogP contribution in [0.2, 0.25) is 5.02 Å². The van der Waals surface area contributed by atoms with Crippen LogP contribution in [-0.2, 0) is 34.2 Å². The largest absolute Gasteiger partial charge is 0.477 e. The molecule has 2 amide bonds. The molecule has 0 saturated carbocycles. The van der Waals surface area contributed by atoms with Crippen molar-refractivity contribution in [3.05, 3.63) is 70.6 Å². The number of hydrogen-bond acceptors (Lipinski definition) is 5. The number of anilines is 1. The molecule has 1 aromatic heterocycles. The van der Waals surface area contributed by atoms with Gasteiger partial charge in [0, 0.05) is 26.0 Å². The highest BCUT2D eigenvalue weighted by molar-refractivity contribution is 6.32. The molecule has 0 aliphatic heterocycles. The van der Waals surface area contributed by atoms with E-state index in [4.69, 9.17) is 11.6 Å². The van der Waals surface area contributed by atoms with Crippen molar-refractivity contribution >= 4 is 46.6 Å². The number of aromatic nitrogens is 2. The fourth-order valence-corrected chi connectivity index (χ4v) is 3.51. The molecule has 0 radical (unpaired) electrons. The fraction of sp³-hybridized carbons (Fsp3) is 0.182. The number of nitrogens with zero attached hydrogens (tertiary/aromatic N) is 4. The lowest BCUT2D eigenvalue weighted by atomic mass is 10.1. The monoisotopic (exact) mass is 494 g/mol. The maximum atomic E-state index is 13.1. The molecule has 0 fully saturated rings. The Morgan fingerprint density at radius 1 is 1.24 bits per heavy atom. The third-order valence-electron chi connectivity index (χ3n) is 5.01. The normalized spacial score (nSPS) is 12.0. The Hall–Kier alpha value is -3.86. The summed E-state index contributed by atoms with van der Waals surface area (Å²) < 4.78 is 41.1. The van der Waals surface area contributed by atoms with Crippen LogP contribution in [0.1, 0.15) is 11.1 Å². The molecule has 0 unspecified atom stereocenters. The van der Waals surface area contributed by atoms with Crippen molar-refractivity contribution < 1.29 is 32.7 Å². The van der Waals surface area contributed by atoms with Gasteiger partial charge in [0.25, 0.3) is 5.91 Å². The molecule has 0 atom stereocenters. The van der Waals surface area contributed by atoms with Crippen molar-refractivity contribution in [2.75, 3.05) is 11.9 Å². The predicted octanol–water partition coefficient (Wildman–Crippen LogP) is 3.84. The van der Waals surface area contributed by atoms with Gasteiger partial charge >= 0.3 is 12.1 Å². The van der Waals surface area contributed by atoms with E-state index in [0.717, 1.165) is 23.8 Å². The summed E-state index contributed by atoms with van der Waals surface area (Å²) in [5.41, 5.74) is -0.0807. The molecule has 3 rings (SSSR count). The molecule has 2 aromatic carbocycles. The van der Waals surface area contributed by atoms with E-state index in [1.807, 2.05) is 0 Å². The summed E-state index contributed by atoms with van der Waals surface area (Å²) in [5, 5.41) is 8.91. The minimum atomic E-state index is -4.74. The highest BCUT2D eigenvalue weighted by Gasteiger charge is 2.34. The molecule has 0 saturated heterocycles. The first-order valence-corrected chi connectivity index (χ1v) is 10.0. The maximum Gasteiger partial charge on any atom is 0.417 e. The molecule has 0 aliphatic carbocycles. The van der Waals surface area contributed by atoms with Gasteiger partial charge in [-0.15, -0.1) is 0 Å². The minimum Gasteiger partial charge on any atom is -0.477 e. The van der Waals surface area contributed by atoms with Crippen LogP contribution in [0.4, 0.5) is 18.9 Å². The first kappa shape index (κ1) is 24.8. The first-order valence-electron chi connectivity index (χ1n) is 9.64. The summed E-state index contributed by atoms with van der Waals surface area (Å²) in [4.78, 5) is 42.2. The summed E-state index contributed by atoms with van der Waals surface area (Å²) in [5.74, 6) is -2.84. The summed E-state index contributed by atoms with van der Waals surface area (Å²) in [6, 6.07) is 8.15. The van der Waals surface area contributed by atoms with Crippen LogP contribution in [0.25, 0.3) is 11.0 Å². The summed E-state index contributed by atoms with van der Waals surface area (Å²) in [6.45, 7) is -0.652. The molecule has 0 bridgehead atoms. The summed E-state index contributed by atoms with van der Waals surface area (Å²) >= 11 is 5.84. The van der Waals surface area contributed by atoms with Crippen LogP contribution in [0, 0.1) is 0 Å². The Bertz CT molecular complexity index is 1300. The van der Waals surface area contributed by atoms with Gasteiger partial charge in [-0.05, 0) is 29.8 Å². The van der Waals surface area contributed by atoms with Gasteiger partial charge in [-0.1, -0.05) is 23.7 Å². The van der Waals surface area contributed by atoms with E-state index in [1.165, 1.54) is 18.0 Å². The average molecular weight is 495 g/mol. The topological polar surface area (TPSA) is 95.7 Å². The van der Waals surface area contributed by atoms with Gasteiger partial charge in [0.15, 0.2) is 0 Å². The van der Waals surface area contributed by atoms with E-state index < -0.39 is 40.8 Å². The zero-order chi connectivity index (χ0) is 25.2. The van der Waals surface area contributed by atoms with Crippen molar-refractivity contribution in [2.45, 2.75) is 12.7 Å². The van der Waals surface area contributed by atoms with Crippen LogP contribution in [-0.4, -0.2) is 44.9 Å². The van der Waals surface area contributed by atoms with Crippen LogP contribution in [0.3, 0.4) is 0 Å².